The minimum Gasteiger partial charge on any atom is -0.507 e. The molecule has 0 spiro atoms. The number of ether oxygens (including phenoxy) is 2. The lowest BCUT2D eigenvalue weighted by Gasteiger charge is -2.16. The van der Waals surface area contributed by atoms with E-state index in [0.717, 1.165) is 35.3 Å². The van der Waals surface area contributed by atoms with E-state index in [9.17, 15) is 19.5 Å². The predicted molar refractivity (Wildman–Crippen MR) is 127 cm³/mol. The van der Waals surface area contributed by atoms with Gasteiger partial charge in [-0.2, -0.15) is 0 Å². The van der Waals surface area contributed by atoms with Gasteiger partial charge in [-0.25, -0.2) is 9.59 Å². The second kappa shape index (κ2) is 10.4. The standard InChI is InChI=1S/C25H31NO6S/c1-6-31-25(30)21-16-8-7-9-19(16)33-23(21)26-20(27)12-32-24(29)18-11-15(13(2)3)10-17(14(4)5)22(18)28/h10-11,13-14,28H,6-9,12H2,1-5H3,(H,26,27). The zero-order valence-electron chi connectivity index (χ0n) is 19.7. The Bertz CT molecular complexity index is 1070. The number of carbonyl (C=O) groups excluding carboxylic acids is 3. The second-order valence-corrected chi connectivity index (χ2v) is 9.83. The lowest BCUT2D eigenvalue weighted by Crippen LogP contribution is -2.22. The average Bonchev–Trinajstić information content (AvgIpc) is 3.32. The summed E-state index contributed by atoms with van der Waals surface area (Å²) in [5, 5.41) is 13.7. The van der Waals surface area contributed by atoms with Crippen LogP contribution in [0.15, 0.2) is 12.1 Å². The molecule has 2 aromatic rings. The number of phenols is 1. The SMILES string of the molecule is CCOC(=O)c1c(NC(=O)COC(=O)c2cc(C(C)C)cc(C(C)C)c2O)sc2c1CCC2. The number of fused-ring (bicyclic) bond motifs is 1. The number of amides is 1. The first kappa shape index (κ1) is 24.8. The van der Waals surface area contributed by atoms with Crippen LogP contribution >= 0.6 is 11.3 Å². The number of phenolic OH excluding ortho intramolecular Hbond substituents is 1. The van der Waals surface area contributed by atoms with E-state index in [0.29, 0.717) is 16.1 Å². The lowest BCUT2D eigenvalue weighted by atomic mass is 9.92. The molecule has 7 nitrogen and oxygen atoms in total. The smallest absolute Gasteiger partial charge is 0.342 e. The maximum atomic E-state index is 12.7. The van der Waals surface area contributed by atoms with Gasteiger partial charge in [0.25, 0.3) is 5.91 Å². The molecule has 1 aromatic heterocycles. The van der Waals surface area contributed by atoms with Crippen LogP contribution in [0.1, 0.15) is 95.2 Å². The molecule has 33 heavy (non-hydrogen) atoms. The van der Waals surface area contributed by atoms with E-state index in [4.69, 9.17) is 9.47 Å². The second-order valence-electron chi connectivity index (χ2n) is 8.72. The van der Waals surface area contributed by atoms with Crippen LogP contribution in [0.3, 0.4) is 0 Å². The first-order valence-corrected chi connectivity index (χ1v) is 12.1. The molecule has 0 bridgehead atoms. The molecule has 178 valence electrons. The third-order valence-corrected chi connectivity index (χ3v) is 6.87. The largest absolute Gasteiger partial charge is 0.507 e. The van der Waals surface area contributed by atoms with Gasteiger partial charge in [0.2, 0.25) is 0 Å². The van der Waals surface area contributed by atoms with Crippen LogP contribution < -0.4 is 5.32 Å². The molecule has 3 rings (SSSR count). The lowest BCUT2D eigenvalue weighted by molar-refractivity contribution is -0.119. The number of esters is 2. The molecule has 8 heteroatoms. The Kier molecular flexibility index (Phi) is 7.79. The topological polar surface area (TPSA) is 102 Å². The van der Waals surface area contributed by atoms with E-state index in [1.807, 2.05) is 33.8 Å². The number of aryl methyl sites for hydroxylation is 1. The van der Waals surface area contributed by atoms with E-state index in [1.165, 1.54) is 11.3 Å². The number of anilines is 1. The summed E-state index contributed by atoms with van der Waals surface area (Å²) in [5.41, 5.74) is 2.94. The van der Waals surface area contributed by atoms with E-state index in [-0.39, 0.29) is 29.8 Å². The first-order chi connectivity index (χ1) is 15.6. The molecule has 2 N–H and O–H groups in total. The van der Waals surface area contributed by atoms with Crippen molar-refractivity contribution < 1.29 is 29.0 Å². The number of carbonyl (C=O) groups is 3. The number of aromatic hydroxyl groups is 1. The highest BCUT2D eigenvalue weighted by molar-refractivity contribution is 7.17. The number of hydrogen-bond acceptors (Lipinski definition) is 7. The van der Waals surface area contributed by atoms with Crippen molar-refractivity contribution in [3.05, 3.63) is 44.8 Å². The van der Waals surface area contributed by atoms with E-state index < -0.39 is 24.5 Å². The summed E-state index contributed by atoms with van der Waals surface area (Å²) in [7, 11) is 0. The maximum Gasteiger partial charge on any atom is 0.342 e. The quantitative estimate of drug-likeness (QED) is 0.514. The van der Waals surface area contributed by atoms with Crippen LogP contribution in [0.5, 0.6) is 5.75 Å². The minimum absolute atomic E-state index is 0.0145. The van der Waals surface area contributed by atoms with Gasteiger partial charge < -0.3 is 19.9 Å². The molecule has 0 fully saturated rings. The zero-order chi connectivity index (χ0) is 24.3. The summed E-state index contributed by atoms with van der Waals surface area (Å²) >= 11 is 1.36. The molecule has 0 saturated heterocycles. The van der Waals surface area contributed by atoms with Crippen LogP contribution in [-0.2, 0) is 27.1 Å². The van der Waals surface area contributed by atoms with Gasteiger partial charge in [-0.3, -0.25) is 4.79 Å². The Balaban J connectivity index is 1.74. The molecule has 0 radical (unpaired) electrons. The van der Waals surface area contributed by atoms with E-state index in [1.54, 1.807) is 13.0 Å². The van der Waals surface area contributed by atoms with Crippen LogP contribution in [0.25, 0.3) is 0 Å². The Morgan fingerprint density at radius 2 is 1.79 bits per heavy atom. The van der Waals surface area contributed by atoms with E-state index >= 15 is 0 Å². The van der Waals surface area contributed by atoms with Crippen LogP contribution in [0.2, 0.25) is 0 Å². The molecule has 0 aliphatic heterocycles. The fourth-order valence-corrected chi connectivity index (χ4v) is 5.19. The molecular weight excluding hydrogens is 442 g/mol. The van der Waals surface area contributed by atoms with Crippen molar-refractivity contribution >= 4 is 34.2 Å². The molecule has 0 atom stereocenters. The van der Waals surface area contributed by atoms with Gasteiger partial charge in [-0.05, 0) is 60.8 Å². The molecule has 1 aliphatic carbocycles. The third kappa shape index (κ3) is 5.38. The normalized spacial score (nSPS) is 12.7. The summed E-state index contributed by atoms with van der Waals surface area (Å²) in [6, 6.07) is 3.50. The number of nitrogens with one attached hydrogen (secondary N) is 1. The van der Waals surface area contributed by atoms with Gasteiger partial charge in [0, 0.05) is 4.88 Å². The summed E-state index contributed by atoms with van der Waals surface area (Å²) in [4.78, 5) is 38.8. The van der Waals surface area contributed by atoms with Gasteiger partial charge in [-0.15, -0.1) is 11.3 Å². The fourth-order valence-electron chi connectivity index (χ4n) is 3.89. The third-order valence-electron chi connectivity index (χ3n) is 5.66. The Morgan fingerprint density at radius 1 is 1.06 bits per heavy atom. The average molecular weight is 474 g/mol. The van der Waals surface area contributed by atoms with Crippen molar-refractivity contribution in [2.45, 2.75) is 65.7 Å². The van der Waals surface area contributed by atoms with Gasteiger partial charge in [0.15, 0.2) is 6.61 Å². The molecule has 1 aliphatic rings. The van der Waals surface area contributed by atoms with Gasteiger partial charge in [0.1, 0.15) is 16.3 Å². The molecule has 0 unspecified atom stereocenters. The van der Waals surface area contributed by atoms with Crippen LogP contribution in [0.4, 0.5) is 5.00 Å². The monoisotopic (exact) mass is 473 g/mol. The molecule has 1 heterocycles. The molecule has 1 aromatic carbocycles. The fraction of sp³-hybridized carbons (Fsp3) is 0.480. The van der Waals surface area contributed by atoms with Gasteiger partial charge in [0.05, 0.1) is 12.2 Å². The minimum atomic E-state index is -0.772. The van der Waals surface area contributed by atoms with Crippen molar-refractivity contribution in [3.8, 4) is 5.75 Å². The highest BCUT2D eigenvalue weighted by Gasteiger charge is 2.28. The predicted octanol–water partition coefficient (Wildman–Crippen LogP) is 5.16. The molecule has 0 saturated carbocycles. The van der Waals surface area contributed by atoms with Crippen LogP contribution in [0, 0.1) is 0 Å². The van der Waals surface area contributed by atoms with Gasteiger partial charge in [-0.1, -0.05) is 33.8 Å². The molecule has 1 amide bonds. The number of hydrogen-bond donors (Lipinski definition) is 2. The van der Waals surface area contributed by atoms with Crippen LogP contribution in [-0.4, -0.2) is 36.2 Å². The van der Waals surface area contributed by atoms with Gasteiger partial charge >= 0.3 is 11.9 Å². The first-order valence-electron chi connectivity index (χ1n) is 11.3. The Morgan fingerprint density at radius 3 is 2.42 bits per heavy atom. The van der Waals surface area contributed by atoms with E-state index in [2.05, 4.69) is 5.32 Å². The highest BCUT2D eigenvalue weighted by atomic mass is 32.1. The highest BCUT2D eigenvalue weighted by Crippen LogP contribution is 2.39. The van der Waals surface area contributed by atoms with Crippen molar-refractivity contribution in [2.24, 2.45) is 0 Å². The summed E-state index contributed by atoms with van der Waals surface area (Å²) in [6.07, 6.45) is 2.60. The summed E-state index contributed by atoms with van der Waals surface area (Å²) < 4.78 is 10.4. The van der Waals surface area contributed by atoms with Crippen molar-refractivity contribution in [1.29, 1.82) is 0 Å². The van der Waals surface area contributed by atoms with Crippen molar-refractivity contribution in [2.75, 3.05) is 18.5 Å². The Labute approximate surface area is 198 Å². The number of rotatable bonds is 8. The zero-order valence-corrected chi connectivity index (χ0v) is 20.6. The Hall–Kier alpha value is -2.87. The summed E-state index contributed by atoms with van der Waals surface area (Å²) in [6.45, 7) is 9.30. The van der Waals surface area contributed by atoms with Crippen molar-refractivity contribution in [3.63, 3.8) is 0 Å². The van der Waals surface area contributed by atoms with Crippen molar-refractivity contribution in [1.82, 2.24) is 0 Å². The maximum absolute atomic E-state index is 12.7. The molecular formula is C25H31NO6S. The summed E-state index contributed by atoms with van der Waals surface area (Å²) in [5.74, 6) is -1.75. The number of thiophene rings is 1. The number of benzene rings is 1.